The number of hydrogen-bond donors (Lipinski definition) is 1. The molecule has 1 N–H and O–H groups in total. The summed E-state index contributed by atoms with van der Waals surface area (Å²) in [7, 11) is 0. The van der Waals surface area contributed by atoms with E-state index in [0.29, 0.717) is 5.82 Å². The fraction of sp³-hybridized carbons (Fsp3) is 0.500. The molecule has 0 saturated carbocycles. The first kappa shape index (κ1) is 7.98. The van der Waals surface area contributed by atoms with E-state index in [1.54, 1.807) is 0 Å². The van der Waals surface area contributed by atoms with Crippen molar-refractivity contribution in [2.45, 2.75) is 26.7 Å². The minimum Gasteiger partial charge on any atom is -0.311 e. The monoisotopic (exact) mass is 152 g/mol. The Hall–Kier alpha value is -1.12. The Morgan fingerprint density at radius 2 is 2.45 bits per heavy atom. The molecule has 1 aliphatic heterocycles. The molecule has 0 spiro atoms. The number of aliphatic imine (C=N–C) groups is 1. The molecular weight excluding hydrogens is 140 g/mol. The van der Waals surface area contributed by atoms with Crippen LogP contribution in [-0.2, 0) is 4.79 Å². The van der Waals surface area contributed by atoms with Crippen LogP contribution >= 0.6 is 0 Å². The summed E-state index contributed by atoms with van der Waals surface area (Å²) in [5.74, 6) is 0.635. The van der Waals surface area contributed by atoms with Gasteiger partial charge in [-0.1, -0.05) is 0 Å². The fourth-order valence-electron chi connectivity index (χ4n) is 0.984. The molecule has 0 aromatic rings. The highest BCUT2D eigenvalue weighted by molar-refractivity contribution is 5.84. The quantitative estimate of drug-likeness (QED) is 0.603. The summed E-state index contributed by atoms with van der Waals surface area (Å²) in [6.45, 7) is 3.45. The molecule has 0 fully saturated rings. The van der Waals surface area contributed by atoms with Gasteiger partial charge in [-0.25, -0.2) is 4.99 Å². The lowest BCUT2D eigenvalue weighted by Gasteiger charge is -2.09. The van der Waals surface area contributed by atoms with Gasteiger partial charge >= 0.3 is 0 Å². The van der Waals surface area contributed by atoms with Gasteiger partial charge in [-0.3, -0.25) is 4.79 Å². The predicted octanol–water partition coefficient (Wildman–Crippen LogP) is 1.22. The van der Waals surface area contributed by atoms with Crippen molar-refractivity contribution in [2.24, 2.45) is 4.99 Å². The second-order valence-electron chi connectivity index (χ2n) is 2.66. The molecule has 60 valence electrons. The molecular formula is C8H12N2O. The van der Waals surface area contributed by atoms with Crippen LogP contribution in [0.4, 0.5) is 0 Å². The van der Waals surface area contributed by atoms with Crippen LogP contribution in [0.25, 0.3) is 0 Å². The van der Waals surface area contributed by atoms with Gasteiger partial charge in [0.05, 0.1) is 0 Å². The minimum absolute atomic E-state index is 0.0605. The number of amides is 1. The van der Waals surface area contributed by atoms with E-state index in [0.717, 1.165) is 18.6 Å². The van der Waals surface area contributed by atoms with Crippen LogP contribution in [-0.4, -0.2) is 11.6 Å². The predicted molar refractivity (Wildman–Crippen MR) is 44.2 cm³/mol. The van der Waals surface area contributed by atoms with Gasteiger partial charge in [0, 0.05) is 12.6 Å². The molecule has 1 aliphatic rings. The number of allylic oxidation sites excluding steroid dienone is 1. The van der Waals surface area contributed by atoms with E-state index < -0.39 is 0 Å². The normalized spacial score (nSPS) is 16.9. The first-order valence-electron chi connectivity index (χ1n) is 3.70. The van der Waals surface area contributed by atoms with Gasteiger partial charge in [-0.2, -0.15) is 0 Å². The Labute approximate surface area is 66.2 Å². The topological polar surface area (TPSA) is 41.5 Å². The van der Waals surface area contributed by atoms with Crippen LogP contribution in [0.2, 0.25) is 0 Å². The number of hydrogen-bond acceptors (Lipinski definition) is 2. The molecule has 0 unspecified atom stereocenters. The zero-order valence-electron chi connectivity index (χ0n) is 6.85. The molecule has 0 aromatic heterocycles. The smallest absolute Gasteiger partial charge is 0.222 e. The van der Waals surface area contributed by atoms with Gasteiger partial charge in [0.1, 0.15) is 5.82 Å². The molecule has 3 heteroatoms. The number of nitrogens with zero attached hydrogens (tertiary/aromatic N) is 1. The van der Waals surface area contributed by atoms with Crippen LogP contribution in [0.15, 0.2) is 16.9 Å². The van der Waals surface area contributed by atoms with Gasteiger partial charge in [0.2, 0.25) is 5.91 Å². The van der Waals surface area contributed by atoms with E-state index in [9.17, 15) is 4.79 Å². The molecule has 0 radical (unpaired) electrons. The third kappa shape index (κ3) is 2.53. The van der Waals surface area contributed by atoms with Gasteiger partial charge in [0.15, 0.2) is 0 Å². The lowest BCUT2D eigenvalue weighted by molar-refractivity contribution is -0.118. The first-order chi connectivity index (χ1) is 5.18. The molecule has 0 aromatic carbocycles. The Morgan fingerprint density at radius 3 is 3.00 bits per heavy atom. The van der Waals surface area contributed by atoms with E-state index in [-0.39, 0.29) is 5.91 Å². The van der Waals surface area contributed by atoms with Crippen LogP contribution in [0, 0.1) is 0 Å². The Kier molecular flexibility index (Phi) is 2.41. The van der Waals surface area contributed by atoms with Crippen molar-refractivity contribution in [1.82, 2.24) is 5.32 Å². The third-order valence-electron chi connectivity index (χ3n) is 1.46. The third-order valence-corrected chi connectivity index (χ3v) is 1.46. The maximum absolute atomic E-state index is 10.6. The molecule has 0 bridgehead atoms. The summed E-state index contributed by atoms with van der Waals surface area (Å²) in [4.78, 5) is 14.8. The van der Waals surface area contributed by atoms with Crippen LogP contribution in [0.3, 0.4) is 0 Å². The summed E-state index contributed by atoms with van der Waals surface area (Å²) in [5.41, 5.74) is 1.08. The van der Waals surface area contributed by atoms with E-state index in [1.807, 2.05) is 13.0 Å². The number of carbonyl (C=O) groups is 1. The maximum Gasteiger partial charge on any atom is 0.222 e. The molecule has 1 rings (SSSR count). The average Bonchev–Trinajstić information content (AvgIpc) is 1.85. The highest BCUT2D eigenvalue weighted by Crippen LogP contribution is 2.07. The second kappa shape index (κ2) is 3.32. The first-order valence-corrected chi connectivity index (χ1v) is 3.70. The highest BCUT2D eigenvalue weighted by atomic mass is 16.1. The molecule has 0 saturated heterocycles. The van der Waals surface area contributed by atoms with Crippen LogP contribution < -0.4 is 5.32 Å². The Balaban J connectivity index is 2.59. The largest absolute Gasteiger partial charge is 0.311 e. The van der Waals surface area contributed by atoms with Crippen LogP contribution in [0.5, 0.6) is 0 Å². The van der Waals surface area contributed by atoms with Crippen molar-refractivity contribution in [3.05, 3.63) is 11.9 Å². The standard InChI is InChI=1S/C8H12N2O/c1-6-4-3-5-8(9-6)10-7(2)11/h5H,3-4H2,1-2H3,(H,10,11). The molecule has 3 nitrogen and oxygen atoms in total. The zero-order valence-corrected chi connectivity index (χ0v) is 6.85. The van der Waals surface area contributed by atoms with Gasteiger partial charge < -0.3 is 5.32 Å². The number of rotatable bonds is 1. The number of carbonyl (C=O) groups excluding carboxylic acids is 1. The Morgan fingerprint density at radius 1 is 1.73 bits per heavy atom. The average molecular weight is 152 g/mol. The minimum atomic E-state index is -0.0605. The van der Waals surface area contributed by atoms with E-state index in [1.165, 1.54) is 6.92 Å². The van der Waals surface area contributed by atoms with E-state index in [4.69, 9.17) is 0 Å². The van der Waals surface area contributed by atoms with Gasteiger partial charge in [-0.15, -0.1) is 0 Å². The summed E-state index contributed by atoms with van der Waals surface area (Å²) in [5, 5.41) is 2.65. The van der Waals surface area contributed by atoms with Crippen molar-refractivity contribution in [1.29, 1.82) is 0 Å². The van der Waals surface area contributed by atoms with E-state index in [2.05, 4.69) is 10.3 Å². The lowest BCUT2D eigenvalue weighted by Crippen LogP contribution is -2.20. The SMILES string of the molecule is CC(=O)NC1=CCCC(C)=N1. The molecule has 11 heavy (non-hydrogen) atoms. The number of nitrogens with one attached hydrogen (secondary N) is 1. The summed E-state index contributed by atoms with van der Waals surface area (Å²) < 4.78 is 0. The summed E-state index contributed by atoms with van der Waals surface area (Å²) >= 11 is 0. The van der Waals surface area contributed by atoms with Crippen LogP contribution in [0.1, 0.15) is 26.7 Å². The van der Waals surface area contributed by atoms with Crippen molar-refractivity contribution < 1.29 is 4.79 Å². The fourth-order valence-corrected chi connectivity index (χ4v) is 0.984. The van der Waals surface area contributed by atoms with Gasteiger partial charge in [0.25, 0.3) is 0 Å². The maximum atomic E-state index is 10.6. The molecule has 1 heterocycles. The van der Waals surface area contributed by atoms with Crippen molar-refractivity contribution in [3.8, 4) is 0 Å². The second-order valence-corrected chi connectivity index (χ2v) is 2.66. The van der Waals surface area contributed by atoms with E-state index >= 15 is 0 Å². The lowest BCUT2D eigenvalue weighted by atomic mass is 10.2. The molecule has 0 aliphatic carbocycles. The van der Waals surface area contributed by atoms with Gasteiger partial charge in [-0.05, 0) is 25.8 Å². The van der Waals surface area contributed by atoms with Crippen molar-refractivity contribution >= 4 is 11.6 Å². The molecule has 1 amide bonds. The highest BCUT2D eigenvalue weighted by Gasteiger charge is 2.03. The Bertz CT molecular complexity index is 228. The summed E-state index contributed by atoms with van der Waals surface area (Å²) in [6, 6.07) is 0. The zero-order chi connectivity index (χ0) is 8.27. The van der Waals surface area contributed by atoms with Crippen molar-refractivity contribution in [2.75, 3.05) is 0 Å². The molecule has 0 atom stereocenters. The summed E-state index contributed by atoms with van der Waals surface area (Å²) in [6.07, 6.45) is 3.92. The van der Waals surface area contributed by atoms with Crippen molar-refractivity contribution in [3.63, 3.8) is 0 Å².